The standard InChI is InChI=1S/C16H22FN5.HI/c1-4-18-16(20-11-14-7-8-21-22(14)3)19-10-13-5-6-15(17)12(2)9-13;/h5-9H,4,10-11H2,1-3H3,(H2,18,19,20);1H. The maximum atomic E-state index is 13.3. The van der Waals surface area contributed by atoms with Gasteiger partial charge in [-0.2, -0.15) is 5.10 Å². The highest BCUT2D eigenvalue weighted by Gasteiger charge is 2.02. The molecule has 0 radical (unpaired) electrons. The minimum Gasteiger partial charge on any atom is -0.357 e. The Balaban J connectivity index is 0.00000264. The van der Waals surface area contributed by atoms with Crippen molar-refractivity contribution in [3.8, 4) is 0 Å². The molecule has 0 fully saturated rings. The Morgan fingerprint density at radius 2 is 2.09 bits per heavy atom. The lowest BCUT2D eigenvalue weighted by atomic mass is 10.1. The number of hydrogen-bond acceptors (Lipinski definition) is 2. The predicted octanol–water partition coefficient (Wildman–Crippen LogP) is 2.74. The number of guanidine groups is 1. The molecule has 0 saturated heterocycles. The fourth-order valence-corrected chi connectivity index (χ4v) is 2.07. The van der Waals surface area contributed by atoms with Crippen molar-refractivity contribution in [1.82, 2.24) is 20.4 Å². The molecule has 0 aliphatic rings. The Labute approximate surface area is 153 Å². The van der Waals surface area contributed by atoms with Crippen LogP contribution in [0, 0.1) is 12.7 Å². The van der Waals surface area contributed by atoms with Gasteiger partial charge in [0.1, 0.15) is 5.82 Å². The lowest BCUT2D eigenvalue weighted by molar-refractivity contribution is 0.617. The SMILES string of the molecule is CCNC(=NCc1ccc(F)c(C)c1)NCc1ccnn1C.I. The second-order valence-corrected chi connectivity index (χ2v) is 5.08. The van der Waals surface area contributed by atoms with Gasteiger partial charge in [0, 0.05) is 19.8 Å². The lowest BCUT2D eigenvalue weighted by Crippen LogP contribution is -2.37. The zero-order valence-corrected chi connectivity index (χ0v) is 16.0. The third kappa shape index (κ3) is 5.81. The Morgan fingerprint density at radius 3 is 2.70 bits per heavy atom. The van der Waals surface area contributed by atoms with Gasteiger partial charge in [-0.25, -0.2) is 9.38 Å². The van der Waals surface area contributed by atoms with Crippen molar-refractivity contribution in [2.75, 3.05) is 6.54 Å². The van der Waals surface area contributed by atoms with Crippen molar-refractivity contribution in [2.24, 2.45) is 12.0 Å². The summed E-state index contributed by atoms with van der Waals surface area (Å²) >= 11 is 0. The maximum absolute atomic E-state index is 13.3. The number of benzene rings is 1. The second kappa shape index (κ2) is 9.49. The molecule has 2 N–H and O–H groups in total. The fourth-order valence-electron chi connectivity index (χ4n) is 2.07. The van der Waals surface area contributed by atoms with Crippen LogP contribution in [-0.4, -0.2) is 22.3 Å². The third-order valence-electron chi connectivity index (χ3n) is 3.35. The minimum absolute atomic E-state index is 0. The van der Waals surface area contributed by atoms with Gasteiger partial charge >= 0.3 is 0 Å². The molecule has 23 heavy (non-hydrogen) atoms. The van der Waals surface area contributed by atoms with Gasteiger partial charge in [0.05, 0.1) is 18.8 Å². The average Bonchev–Trinajstić information content (AvgIpc) is 2.91. The van der Waals surface area contributed by atoms with Crippen molar-refractivity contribution in [2.45, 2.75) is 26.9 Å². The molecule has 2 rings (SSSR count). The van der Waals surface area contributed by atoms with E-state index in [1.807, 2.05) is 30.8 Å². The summed E-state index contributed by atoms with van der Waals surface area (Å²) in [5.41, 5.74) is 2.69. The quantitative estimate of drug-likeness (QED) is 0.435. The molecule has 0 aliphatic carbocycles. The summed E-state index contributed by atoms with van der Waals surface area (Å²) in [5.74, 6) is 0.541. The molecule has 0 spiro atoms. The van der Waals surface area contributed by atoms with E-state index in [9.17, 15) is 4.39 Å². The van der Waals surface area contributed by atoms with Crippen molar-refractivity contribution < 1.29 is 4.39 Å². The van der Waals surface area contributed by atoms with Gasteiger partial charge in [-0.1, -0.05) is 12.1 Å². The van der Waals surface area contributed by atoms with Crippen LogP contribution in [0.15, 0.2) is 35.5 Å². The fraction of sp³-hybridized carbons (Fsp3) is 0.375. The van der Waals surface area contributed by atoms with Gasteiger partial charge < -0.3 is 10.6 Å². The van der Waals surface area contributed by atoms with E-state index in [4.69, 9.17) is 0 Å². The molecule has 1 heterocycles. The summed E-state index contributed by atoms with van der Waals surface area (Å²) < 4.78 is 15.1. The van der Waals surface area contributed by atoms with E-state index in [0.29, 0.717) is 18.7 Å². The number of aliphatic imine (C=N–C) groups is 1. The number of halogens is 2. The highest BCUT2D eigenvalue weighted by atomic mass is 127. The van der Waals surface area contributed by atoms with Crippen molar-refractivity contribution in [3.63, 3.8) is 0 Å². The van der Waals surface area contributed by atoms with Crippen LogP contribution in [-0.2, 0) is 20.1 Å². The van der Waals surface area contributed by atoms with Gasteiger partial charge in [0.2, 0.25) is 0 Å². The van der Waals surface area contributed by atoms with Gasteiger partial charge in [-0.05, 0) is 37.1 Å². The van der Waals surface area contributed by atoms with Crippen LogP contribution in [0.4, 0.5) is 4.39 Å². The van der Waals surface area contributed by atoms with Crippen molar-refractivity contribution in [1.29, 1.82) is 0 Å². The van der Waals surface area contributed by atoms with Crippen LogP contribution in [0.3, 0.4) is 0 Å². The first-order valence-corrected chi connectivity index (χ1v) is 7.34. The Hall–Kier alpha value is -1.64. The molecule has 1 aromatic carbocycles. The number of hydrogen-bond donors (Lipinski definition) is 2. The van der Waals surface area contributed by atoms with Crippen molar-refractivity contribution in [3.05, 3.63) is 53.1 Å². The first-order valence-electron chi connectivity index (χ1n) is 7.34. The van der Waals surface area contributed by atoms with Gasteiger partial charge in [-0.3, -0.25) is 4.68 Å². The maximum Gasteiger partial charge on any atom is 0.191 e. The molecular formula is C16H23FIN5. The van der Waals surface area contributed by atoms with E-state index >= 15 is 0 Å². The van der Waals surface area contributed by atoms with Crippen LogP contribution in [0.25, 0.3) is 0 Å². The zero-order chi connectivity index (χ0) is 15.9. The Kier molecular flexibility index (Phi) is 8.01. The molecule has 0 bridgehead atoms. The molecule has 126 valence electrons. The van der Waals surface area contributed by atoms with Crippen LogP contribution >= 0.6 is 24.0 Å². The summed E-state index contributed by atoms with van der Waals surface area (Å²) in [6.45, 7) is 5.70. The minimum atomic E-state index is -0.186. The molecule has 0 amide bonds. The summed E-state index contributed by atoms with van der Waals surface area (Å²) in [6, 6.07) is 7.02. The van der Waals surface area contributed by atoms with E-state index in [2.05, 4.69) is 20.7 Å². The zero-order valence-electron chi connectivity index (χ0n) is 13.6. The van der Waals surface area contributed by atoms with Crippen LogP contribution in [0.2, 0.25) is 0 Å². The van der Waals surface area contributed by atoms with Crippen LogP contribution in [0.1, 0.15) is 23.7 Å². The normalized spacial score (nSPS) is 11.0. The first-order chi connectivity index (χ1) is 10.6. The molecule has 2 aromatic rings. The monoisotopic (exact) mass is 431 g/mol. The number of aromatic nitrogens is 2. The molecule has 7 heteroatoms. The first kappa shape index (κ1) is 19.4. The van der Waals surface area contributed by atoms with Crippen molar-refractivity contribution >= 4 is 29.9 Å². The average molecular weight is 431 g/mol. The summed E-state index contributed by atoms with van der Waals surface area (Å²) in [5, 5.41) is 10.6. The third-order valence-corrected chi connectivity index (χ3v) is 3.35. The lowest BCUT2D eigenvalue weighted by Gasteiger charge is -2.11. The summed E-state index contributed by atoms with van der Waals surface area (Å²) in [7, 11) is 1.91. The van der Waals surface area contributed by atoms with E-state index < -0.39 is 0 Å². The number of aryl methyl sites for hydroxylation is 2. The Morgan fingerprint density at radius 1 is 1.30 bits per heavy atom. The number of rotatable bonds is 5. The summed E-state index contributed by atoms with van der Waals surface area (Å²) in [4.78, 5) is 4.53. The van der Waals surface area contributed by atoms with Gasteiger partial charge in [0.15, 0.2) is 5.96 Å². The molecule has 0 unspecified atom stereocenters. The molecule has 1 aromatic heterocycles. The highest BCUT2D eigenvalue weighted by molar-refractivity contribution is 14.0. The molecular weight excluding hydrogens is 408 g/mol. The summed E-state index contributed by atoms with van der Waals surface area (Å²) in [6.07, 6.45) is 1.77. The molecule has 5 nitrogen and oxygen atoms in total. The van der Waals surface area contributed by atoms with E-state index in [-0.39, 0.29) is 29.8 Å². The molecule has 0 atom stereocenters. The van der Waals surface area contributed by atoms with E-state index in [0.717, 1.165) is 23.8 Å². The topological polar surface area (TPSA) is 54.2 Å². The highest BCUT2D eigenvalue weighted by Crippen LogP contribution is 2.10. The largest absolute Gasteiger partial charge is 0.357 e. The Bertz CT molecular complexity index is 654. The molecule has 0 saturated carbocycles. The number of nitrogens with zero attached hydrogens (tertiary/aromatic N) is 3. The van der Waals surface area contributed by atoms with Crippen LogP contribution < -0.4 is 10.6 Å². The van der Waals surface area contributed by atoms with Gasteiger partial charge in [-0.15, -0.1) is 24.0 Å². The van der Waals surface area contributed by atoms with E-state index in [1.165, 1.54) is 6.07 Å². The van der Waals surface area contributed by atoms with Crippen LogP contribution in [0.5, 0.6) is 0 Å². The smallest absolute Gasteiger partial charge is 0.191 e. The van der Waals surface area contributed by atoms with Gasteiger partial charge in [0.25, 0.3) is 0 Å². The predicted molar refractivity (Wildman–Crippen MR) is 101 cm³/mol. The number of nitrogens with one attached hydrogen (secondary N) is 2. The molecule has 0 aliphatic heterocycles. The van der Waals surface area contributed by atoms with E-state index in [1.54, 1.807) is 19.2 Å². The second-order valence-electron chi connectivity index (χ2n) is 5.08.